The van der Waals surface area contributed by atoms with E-state index in [4.69, 9.17) is 14.7 Å². The topological polar surface area (TPSA) is 154 Å². The van der Waals surface area contributed by atoms with Gasteiger partial charge in [-0.05, 0) is 71.0 Å². The van der Waals surface area contributed by atoms with Crippen LogP contribution in [0.1, 0.15) is 77.1 Å². The van der Waals surface area contributed by atoms with Gasteiger partial charge in [0.05, 0.1) is 24.4 Å². The van der Waals surface area contributed by atoms with E-state index in [1.165, 1.54) is 0 Å². The summed E-state index contributed by atoms with van der Waals surface area (Å²) >= 11 is 1.61. The Morgan fingerprint density at radius 2 is 1.47 bits per heavy atom. The third-order valence-electron chi connectivity index (χ3n) is 8.27. The summed E-state index contributed by atoms with van der Waals surface area (Å²) in [5, 5.41) is 30.2. The molecule has 1 fully saturated rings. The highest BCUT2D eigenvalue weighted by Crippen LogP contribution is 2.40. The van der Waals surface area contributed by atoms with Crippen molar-refractivity contribution >= 4 is 29.5 Å². The summed E-state index contributed by atoms with van der Waals surface area (Å²) in [6.45, 7) is 0.353. The van der Waals surface area contributed by atoms with E-state index in [9.17, 15) is 24.6 Å². The molecule has 4 aromatic carbocycles. The van der Waals surface area contributed by atoms with Crippen LogP contribution >= 0.6 is 11.8 Å². The molecule has 1 aliphatic rings. The zero-order chi connectivity index (χ0) is 34.6. The number of hydrogen-bond acceptors (Lipinski definition) is 8. The fraction of sp³-hybridized carbons (Fsp3) is 0.289. The van der Waals surface area contributed by atoms with E-state index in [-0.39, 0.29) is 36.7 Å². The predicted octanol–water partition coefficient (Wildman–Crippen LogP) is 6.56. The molecular formula is C38H40N2O8S. The molecule has 0 spiro atoms. The third kappa shape index (κ3) is 10.5. The molecule has 0 saturated carbocycles. The lowest BCUT2D eigenvalue weighted by molar-refractivity contribution is -0.245. The number of benzene rings is 4. The van der Waals surface area contributed by atoms with Gasteiger partial charge in [0, 0.05) is 42.0 Å². The number of aromatic carboxylic acids is 1. The number of ether oxygens (including phenoxy) is 2. The largest absolute Gasteiger partial charge is 0.478 e. The molecule has 5 rings (SSSR count). The molecule has 1 saturated heterocycles. The maximum absolute atomic E-state index is 12.3. The van der Waals surface area contributed by atoms with Gasteiger partial charge in [0.15, 0.2) is 6.29 Å². The van der Waals surface area contributed by atoms with E-state index < -0.39 is 18.2 Å². The molecule has 2 amide bonds. The molecule has 1 heterocycles. The van der Waals surface area contributed by atoms with Gasteiger partial charge in [-0.2, -0.15) is 0 Å². The number of amides is 2. The van der Waals surface area contributed by atoms with Crippen molar-refractivity contribution in [2.75, 3.05) is 5.75 Å². The number of unbranched alkanes of at least 4 members (excludes halogenated alkanes) is 1. The van der Waals surface area contributed by atoms with Crippen LogP contribution in [0.5, 0.6) is 0 Å². The fourth-order valence-corrected chi connectivity index (χ4v) is 6.44. The maximum Gasteiger partial charge on any atom is 0.335 e. The van der Waals surface area contributed by atoms with Crippen molar-refractivity contribution in [3.63, 3.8) is 0 Å². The molecule has 11 heteroatoms. The number of thioether (sulfide) groups is 1. The lowest BCUT2D eigenvalue weighted by Crippen LogP contribution is -2.31. The van der Waals surface area contributed by atoms with Gasteiger partial charge >= 0.3 is 5.97 Å². The predicted molar refractivity (Wildman–Crippen MR) is 185 cm³/mol. The molecule has 0 aliphatic carbocycles. The Bertz CT molecular complexity index is 1700. The maximum atomic E-state index is 12.3. The van der Waals surface area contributed by atoms with Gasteiger partial charge in [0.2, 0.25) is 11.8 Å². The molecule has 49 heavy (non-hydrogen) atoms. The molecule has 1 aliphatic heterocycles. The summed E-state index contributed by atoms with van der Waals surface area (Å²) in [7, 11) is 0. The number of carbonyl (C=O) groups excluding carboxylic acids is 2. The normalized spacial score (nSPS) is 17.3. The highest BCUT2D eigenvalue weighted by Gasteiger charge is 2.32. The van der Waals surface area contributed by atoms with Crippen LogP contribution in [0, 0.1) is 0 Å². The van der Waals surface area contributed by atoms with Crippen LogP contribution in [0.3, 0.4) is 0 Å². The monoisotopic (exact) mass is 684 g/mol. The molecule has 0 bridgehead atoms. The molecule has 10 nitrogen and oxygen atoms in total. The fourth-order valence-electron chi connectivity index (χ4n) is 5.52. The van der Waals surface area contributed by atoms with Crippen molar-refractivity contribution in [2.24, 2.45) is 0 Å². The molecule has 0 aromatic heterocycles. The SMILES string of the molecule is O=C(CCCCC(=O)NCc1cccc(-c2ccc([C@@H]3O[C@H](CSc4ccc(C(=O)O)cc4)C[C@H](c4ccc(CO)cc4)O3)cc2)c1)NO. The van der Waals surface area contributed by atoms with Crippen LogP contribution in [-0.2, 0) is 32.2 Å². The van der Waals surface area contributed by atoms with Gasteiger partial charge in [0.25, 0.3) is 0 Å². The van der Waals surface area contributed by atoms with Crippen LogP contribution in [0.15, 0.2) is 102 Å². The minimum atomic E-state index is -0.957. The highest BCUT2D eigenvalue weighted by molar-refractivity contribution is 7.99. The number of carbonyl (C=O) groups is 3. The number of aliphatic hydroxyl groups excluding tert-OH is 1. The number of rotatable bonds is 15. The van der Waals surface area contributed by atoms with Crippen LogP contribution in [0.25, 0.3) is 11.1 Å². The van der Waals surface area contributed by atoms with Crippen molar-refractivity contribution < 1.29 is 39.3 Å². The van der Waals surface area contributed by atoms with E-state index in [1.54, 1.807) is 29.4 Å². The van der Waals surface area contributed by atoms with Gasteiger partial charge in [0.1, 0.15) is 0 Å². The van der Waals surface area contributed by atoms with Crippen molar-refractivity contribution in [1.82, 2.24) is 10.8 Å². The van der Waals surface area contributed by atoms with E-state index in [0.29, 0.717) is 38.0 Å². The Morgan fingerprint density at radius 3 is 2.14 bits per heavy atom. The smallest absolute Gasteiger partial charge is 0.335 e. The van der Waals surface area contributed by atoms with E-state index >= 15 is 0 Å². The second kappa shape index (κ2) is 17.8. The van der Waals surface area contributed by atoms with Crippen molar-refractivity contribution in [3.8, 4) is 11.1 Å². The second-order valence-electron chi connectivity index (χ2n) is 11.8. The Kier molecular flexibility index (Phi) is 13.0. The number of nitrogens with one attached hydrogen (secondary N) is 2. The zero-order valence-electron chi connectivity index (χ0n) is 26.9. The number of aliphatic hydroxyl groups is 1. The first kappa shape index (κ1) is 35.8. The Labute approximate surface area is 289 Å². The Balaban J connectivity index is 1.23. The molecule has 256 valence electrons. The molecule has 0 unspecified atom stereocenters. The van der Waals surface area contributed by atoms with Gasteiger partial charge in [-0.1, -0.05) is 66.7 Å². The lowest BCUT2D eigenvalue weighted by atomic mass is 9.99. The van der Waals surface area contributed by atoms with E-state index in [1.807, 2.05) is 84.9 Å². The third-order valence-corrected chi connectivity index (χ3v) is 9.41. The number of hydroxylamine groups is 1. The van der Waals surface area contributed by atoms with Crippen LogP contribution in [0.2, 0.25) is 0 Å². The summed E-state index contributed by atoms with van der Waals surface area (Å²) in [5.74, 6) is -0.857. The Morgan fingerprint density at radius 1 is 0.776 bits per heavy atom. The zero-order valence-corrected chi connectivity index (χ0v) is 27.7. The van der Waals surface area contributed by atoms with E-state index in [2.05, 4.69) is 5.32 Å². The van der Waals surface area contributed by atoms with Crippen LogP contribution in [0.4, 0.5) is 0 Å². The summed E-state index contributed by atoms with van der Waals surface area (Å²) in [5.41, 5.74) is 7.51. The molecule has 4 aromatic rings. The number of carboxylic acids is 1. The number of hydrogen-bond donors (Lipinski definition) is 5. The Hall–Kier alpha value is -4.52. The molecule has 3 atom stereocenters. The standard InChI is InChI=1S/C38H40N2O8S/c41-23-25-8-10-28(11-9-25)34-21-32(24-49-33-18-16-29(17-19-33)37(44)45)47-38(48-34)30-14-12-27(13-15-30)31-5-3-4-26(20-31)22-39-35(42)6-1-2-7-36(43)40-46/h3-5,8-20,32,34,38,41,46H,1-2,6-7,21-24H2,(H,39,42)(H,40,43)(H,44,45)/t32-,34+,38+/m0/s1. The second-order valence-corrected chi connectivity index (χ2v) is 12.9. The van der Waals surface area contributed by atoms with Crippen LogP contribution in [-0.4, -0.2) is 45.1 Å². The molecule has 5 N–H and O–H groups in total. The van der Waals surface area contributed by atoms with E-state index in [0.717, 1.165) is 38.3 Å². The first-order valence-corrected chi connectivity index (χ1v) is 17.2. The quantitative estimate of drug-likeness (QED) is 0.0405. The summed E-state index contributed by atoms with van der Waals surface area (Å²) < 4.78 is 13.0. The first-order chi connectivity index (χ1) is 23.8. The van der Waals surface area contributed by atoms with Gasteiger partial charge in [-0.15, -0.1) is 11.8 Å². The average molecular weight is 685 g/mol. The van der Waals surface area contributed by atoms with Gasteiger partial charge in [-0.3, -0.25) is 14.8 Å². The highest BCUT2D eigenvalue weighted by atomic mass is 32.2. The van der Waals surface area contributed by atoms with Gasteiger partial charge in [-0.25, -0.2) is 10.3 Å². The first-order valence-electron chi connectivity index (χ1n) is 16.2. The number of carboxylic acid groups (broad SMARTS) is 1. The minimum Gasteiger partial charge on any atom is -0.478 e. The molecular weight excluding hydrogens is 644 g/mol. The summed E-state index contributed by atoms with van der Waals surface area (Å²) in [6, 6.07) is 30.6. The van der Waals surface area contributed by atoms with Crippen molar-refractivity contribution in [3.05, 3.63) is 125 Å². The van der Waals surface area contributed by atoms with Crippen LogP contribution < -0.4 is 10.8 Å². The average Bonchev–Trinajstić information content (AvgIpc) is 3.15. The summed E-state index contributed by atoms with van der Waals surface area (Å²) in [6.07, 6.45) is 1.22. The van der Waals surface area contributed by atoms with Crippen molar-refractivity contribution in [1.29, 1.82) is 0 Å². The lowest BCUT2D eigenvalue weighted by Gasteiger charge is -2.36. The van der Waals surface area contributed by atoms with Gasteiger partial charge < -0.3 is 25.0 Å². The molecule has 0 radical (unpaired) electrons. The van der Waals surface area contributed by atoms with Crippen molar-refractivity contribution in [2.45, 2.75) is 68.6 Å². The minimum absolute atomic E-state index is 0.0313. The summed E-state index contributed by atoms with van der Waals surface area (Å²) in [4.78, 5) is 35.6.